The van der Waals surface area contributed by atoms with Crippen LogP contribution in [0.2, 0.25) is 0 Å². The van der Waals surface area contributed by atoms with Gasteiger partial charge in [-0.25, -0.2) is 0 Å². The van der Waals surface area contributed by atoms with Crippen molar-refractivity contribution in [3.05, 3.63) is 29.8 Å². The molecule has 0 aromatic heterocycles. The largest absolute Gasteiger partial charge is 0.481 e. The number of Topliss-reactive ketones (excluding diaryl/α,β-unsaturated/α-hetero) is 1. The number of carboxylic acids is 1. The van der Waals surface area contributed by atoms with Crippen LogP contribution in [0.15, 0.2) is 24.3 Å². The van der Waals surface area contributed by atoms with Crippen LogP contribution in [0, 0.1) is 11.8 Å². The van der Waals surface area contributed by atoms with E-state index in [2.05, 4.69) is 0 Å². The summed E-state index contributed by atoms with van der Waals surface area (Å²) in [6.07, 6.45) is 1.70. The zero-order valence-electron chi connectivity index (χ0n) is 12.2. The molecule has 21 heavy (non-hydrogen) atoms. The fourth-order valence-electron chi connectivity index (χ4n) is 2.12. The maximum Gasteiger partial charge on any atom is 0.308 e. The Kier molecular flexibility index (Phi) is 4.40. The number of carboxylic acid groups (broad SMARTS) is 1. The van der Waals surface area contributed by atoms with Crippen LogP contribution < -0.4 is 4.90 Å². The van der Waals surface area contributed by atoms with E-state index < -0.39 is 11.9 Å². The van der Waals surface area contributed by atoms with Crippen molar-refractivity contribution >= 4 is 23.3 Å². The van der Waals surface area contributed by atoms with E-state index in [0.29, 0.717) is 11.3 Å². The molecule has 112 valence electrons. The minimum absolute atomic E-state index is 0.00743. The summed E-state index contributed by atoms with van der Waals surface area (Å²) in [5.74, 6) is -1.74. The van der Waals surface area contributed by atoms with Gasteiger partial charge in [0.05, 0.1) is 5.92 Å². The van der Waals surface area contributed by atoms with E-state index in [0.717, 1.165) is 12.8 Å². The first-order chi connectivity index (χ1) is 9.90. The number of rotatable bonds is 6. The predicted molar refractivity (Wildman–Crippen MR) is 78.3 cm³/mol. The molecule has 2 rings (SSSR count). The van der Waals surface area contributed by atoms with Crippen molar-refractivity contribution in [1.29, 1.82) is 0 Å². The third-order valence-electron chi connectivity index (χ3n) is 3.63. The summed E-state index contributed by atoms with van der Waals surface area (Å²) < 4.78 is 0. The van der Waals surface area contributed by atoms with E-state index in [1.165, 1.54) is 11.8 Å². The molecule has 1 saturated carbocycles. The second-order valence-electron chi connectivity index (χ2n) is 5.57. The van der Waals surface area contributed by atoms with Crippen molar-refractivity contribution in [3.8, 4) is 0 Å². The van der Waals surface area contributed by atoms with Gasteiger partial charge in [0, 0.05) is 23.7 Å². The summed E-state index contributed by atoms with van der Waals surface area (Å²) in [5, 5.41) is 9.06. The van der Waals surface area contributed by atoms with Crippen LogP contribution in [0.1, 0.15) is 37.0 Å². The minimum atomic E-state index is -0.939. The van der Waals surface area contributed by atoms with Crippen LogP contribution in [-0.4, -0.2) is 29.3 Å². The lowest BCUT2D eigenvalue weighted by Gasteiger charge is -2.25. The highest BCUT2D eigenvalue weighted by molar-refractivity contribution is 5.99. The summed E-state index contributed by atoms with van der Waals surface area (Å²) in [6.45, 7) is 3.16. The van der Waals surface area contributed by atoms with Gasteiger partial charge in [-0.05, 0) is 31.9 Å². The van der Waals surface area contributed by atoms with Gasteiger partial charge in [0.25, 0.3) is 0 Å². The van der Waals surface area contributed by atoms with Crippen molar-refractivity contribution < 1.29 is 19.5 Å². The Morgan fingerprint density at radius 3 is 2.52 bits per heavy atom. The highest BCUT2D eigenvalue weighted by atomic mass is 16.4. The molecule has 5 nitrogen and oxygen atoms in total. The van der Waals surface area contributed by atoms with Gasteiger partial charge < -0.3 is 10.0 Å². The molecule has 0 heterocycles. The third kappa shape index (κ3) is 3.68. The Balaban J connectivity index is 2.29. The summed E-state index contributed by atoms with van der Waals surface area (Å²) in [5.41, 5.74) is 1.11. The van der Waals surface area contributed by atoms with E-state index in [9.17, 15) is 14.4 Å². The van der Waals surface area contributed by atoms with Gasteiger partial charge in [0.2, 0.25) is 5.91 Å². The van der Waals surface area contributed by atoms with E-state index in [1.807, 2.05) is 0 Å². The molecule has 1 fully saturated rings. The average Bonchev–Trinajstić information content (AvgIpc) is 3.28. The zero-order valence-corrected chi connectivity index (χ0v) is 12.2. The van der Waals surface area contributed by atoms with Gasteiger partial charge in [0.15, 0.2) is 5.78 Å². The number of hydrogen-bond donors (Lipinski definition) is 1. The van der Waals surface area contributed by atoms with Crippen LogP contribution in [0.4, 0.5) is 5.69 Å². The molecule has 0 bridgehead atoms. The Bertz CT molecular complexity index is 577. The van der Waals surface area contributed by atoms with Crippen molar-refractivity contribution in [3.63, 3.8) is 0 Å². The second-order valence-corrected chi connectivity index (χ2v) is 5.57. The number of hydrogen-bond acceptors (Lipinski definition) is 3. The molecular formula is C16H19NO4. The van der Waals surface area contributed by atoms with Crippen molar-refractivity contribution in [2.24, 2.45) is 11.8 Å². The highest BCUT2D eigenvalue weighted by Gasteiger charge is 2.35. The number of carbonyl (C=O) groups excluding carboxylic acids is 2. The number of nitrogens with zero attached hydrogens (tertiary/aromatic N) is 1. The van der Waals surface area contributed by atoms with Gasteiger partial charge in [-0.2, -0.15) is 0 Å². The molecule has 1 amide bonds. The van der Waals surface area contributed by atoms with Gasteiger partial charge in [0.1, 0.15) is 0 Å². The van der Waals surface area contributed by atoms with Crippen LogP contribution in [-0.2, 0) is 9.59 Å². The monoisotopic (exact) mass is 289 g/mol. The van der Waals surface area contributed by atoms with Gasteiger partial charge in [-0.15, -0.1) is 0 Å². The first kappa shape index (κ1) is 15.2. The fraction of sp³-hybridized carbons (Fsp3) is 0.438. The molecule has 0 spiro atoms. The van der Waals surface area contributed by atoms with Gasteiger partial charge in [-0.1, -0.05) is 19.1 Å². The Morgan fingerprint density at radius 1 is 1.33 bits per heavy atom. The summed E-state index contributed by atoms with van der Waals surface area (Å²) >= 11 is 0. The standard InChI is InChI=1S/C16H19NO4/c1-10(16(20)21)9-17(15(19)12-6-7-12)14-5-3-4-13(8-14)11(2)18/h3-5,8,10,12H,6-7,9H2,1-2H3,(H,20,21). The van der Waals surface area contributed by atoms with Crippen molar-refractivity contribution in [2.75, 3.05) is 11.4 Å². The number of ketones is 1. The molecule has 1 atom stereocenters. The Labute approximate surface area is 123 Å². The molecule has 0 aliphatic heterocycles. The van der Waals surface area contributed by atoms with Crippen molar-refractivity contribution in [2.45, 2.75) is 26.7 Å². The molecule has 1 aromatic carbocycles. The Hall–Kier alpha value is -2.17. The van der Waals surface area contributed by atoms with E-state index in [1.54, 1.807) is 31.2 Å². The van der Waals surface area contributed by atoms with Crippen LogP contribution in [0.25, 0.3) is 0 Å². The molecule has 5 heteroatoms. The Morgan fingerprint density at radius 2 is 2.00 bits per heavy atom. The summed E-state index contributed by atoms with van der Waals surface area (Å²) in [4.78, 5) is 36.4. The SMILES string of the molecule is CC(=O)c1cccc(N(CC(C)C(=O)O)C(=O)C2CC2)c1. The highest BCUT2D eigenvalue weighted by Crippen LogP contribution is 2.33. The third-order valence-corrected chi connectivity index (χ3v) is 3.63. The van der Waals surface area contributed by atoms with Crippen LogP contribution in [0.3, 0.4) is 0 Å². The first-order valence-corrected chi connectivity index (χ1v) is 7.05. The molecule has 1 aromatic rings. The zero-order chi connectivity index (χ0) is 15.6. The molecule has 0 saturated heterocycles. The fourth-order valence-corrected chi connectivity index (χ4v) is 2.12. The number of benzene rings is 1. The predicted octanol–water partition coefficient (Wildman–Crippen LogP) is 2.35. The molecule has 1 aliphatic carbocycles. The lowest BCUT2D eigenvalue weighted by molar-refractivity contribution is -0.140. The number of amides is 1. The van der Waals surface area contributed by atoms with Crippen LogP contribution in [0.5, 0.6) is 0 Å². The lowest BCUT2D eigenvalue weighted by atomic mass is 10.1. The normalized spacial score (nSPS) is 15.3. The molecule has 1 N–H and O–H groups in total. The van der Waals surface area contributed by atoms with E-state index in [-0.39, 0.29) is 24.2 Å². The molecule has 1 unspecified atom stereocenters. The smallest absolute Gasteiger partial charge is 0.308 e. The quantitative estimate of drug-likeness (QED) is 0.816. The minimum Gasteiger partial charge on any atom is -0.481 e. The number of aliphatic carboxylic acids is 1. The number of carbonyl (C=O) groups is 3. The van der Waals surface area contributed by atoms with Crippen LogP contribution >= 0.6 is 0 Å². The number of anilines is 1. The van der Waals surface area contributed by atoms with Gasteiger partial charge >= 0.3 is 5.97 Å². The van der Waals surface area contributed by atoms with E-state index in [4.69, 9.17) is 5.11 Å². The second kappa shape index (κ2) is 6.08. The molecular weight excluding hydrogens is 270 g/mol. The van der Waals surface area contributed by atoms with E-state index >= 15 is 0 Å². The average molecular weight is 289 g/mol. The molecule has 1 aliphatic rings. The summed E-state index contributed by atoms with van der Waals surface area (Å²) in [6, 6.07) is 6.79. The summed E-state index contributed by atoms with van der Waals surface area (Å²) in [7, 11) is 0. The molecule has 0 radical (unpaired) electrons. The maximum atomic E-state index is 12.4. The lowest BCUT2D eigenvalue weighted by Crippen LogP contribution is -2.38. The first-order valence-electron chi connectivity index (χ1n) is 7.05. The maximum absolute atomic E-state index is 12.4. The van der Waals surface area contributed by atoms with Crippen molar-refractivity contribution in [1.82, 2.24) is 0 Å². The van der Waals surface area contributed by atoms with Gasteiger partial charge in [-0.3, -0.25) is 14.4 Å². The topological polar surface area (TPSA) is 74.7 Å².